The Hall–Kier alpha value is -3.06. The number of aliphatic hydroxyl groups is 1. The standard InChI is InChI=1S/C29H39N5O5S2/c1-4-41(38,39)33-22-14-21(27(36)34(3)17-25-32-19(2)18-40-25)15-29(16-22,28(30)37)23(13-20-9-6-5-7-10-20)26(35)24-11-8-12-31-24/h5-7,9-10,14,16,18,23-24,26,31,33,35H,4,8,11-13,15,17H2,1-3H3,(H2,30,37)/t23-,24-,26-,29?/m1/s1. The number of rotatable bonds is 12. The van der Waals surface area contributed by atoms with Crippen molar-refractivity contribution >= 4 is 33.2 Å². The molecule has 222 valence electrons. The third-order valence-electron chi connectivity index (χ3n) is 7.88. The van der Waals surface area contributed by atoms with Crippen molar-refractivity contribution in [1.82, 2.24) is 19.9 Å². The monoisotopic (exact) mass is 601 g/mol. The number of nitrogens with one attached hydrogen (secondary N) is 2. The molecule has 1 aliphatic heterocycles. The molecule has 0 radical (unpaired) electrons. The molecule has 12 heteroatoms. The number of aliphatic hydroxyl groups excluding tert-OH is 1. The highest BCUT2D eigenvalue weighted by Crippen LogP contribution is 2.45. The average molecular weight is 602 g/mol. The molecule has 1 aromatic heterocycles. The molecule has 2 heterocycles. The van der Waals surface area contributed by atoms with Gasteiger partial charge in [-0.3, -0.25) is 14.3 Å². The number of thiazole rings is 1. The molecule has 4 atom stereocenters. The molecule has 4 rings (SSSR count). The van der Waals surface area contributed by atoms with Gasteiger partial charge in [0, 0.05) is 41.4 Å². The van der Waals surface area contributed by atoms with Crippen LogP contribution in [0.25, 0.3) is 0 Å². The molecule has 10 nitrogen and oxygen atoms in total. The number of likely N-dealkylation sites (N-methyl/N-ethyl adjacent to an activating group) is 1. The molecule has 2 aliphatic rings. The minimum Gasteiger partial charge on any atom is -0.391 e. The first kappa shape index (κ1) is 30.9. The lowest BCUT2D eigenvalue weighted by molar-refractivity contribution is -0.132. The van der Waals surface area contributed by atoms with Gasteiger partial charge in [0.05, 0.1) is 23.8 Å². The largest absolute Gasteiger partial charge is 0.391 e. The highest BCUT2D eigenvalue weighted by Gasteiger charge is 2.50. The third-order valence-corrected chi connectivity index (χ3v) is 10.1. The molecule has 1 fully saturated rings. The molecule has 1 aromatic carbocycles. The second-order valence-electron chi connectivity index (χ2n) is 10.9. The molecule has 0 bridgehead atoms. The highest BCUT2D eigenvalue weighted by atomic mass is 32.2. The number of allylic oxidation sites excluding steroid dienone is 1. The first-order valence-corrected chi connectivity index (χ1v) is 16.3. The van der Waals surface area contributed by atoms with E-state index in [4.69, 9.17) is 5.73 Å². The fraction of sp³-hybridized carbons (Fsp3) is 0.483. The predicted octanol–water partition coefficient (Wildman–Crippen LogP) is 2.01. The maximum absolute atomic E-state index is 13.8. The topological polar surface area (TPSA) is 155 Å². The van der Waals surface area contributed by atoms with E-state index in [-0.39, 0.29) is 41.9 Å². The second kappa shape index (κ2) is 12.8. The van der Waals surface area contributed by atoms with Crippen molar-refractivity contribution in [1.29, 1.82) is 0 Å². The Morgan fingerprint density at radius 2 is 2.05 bits per heavy atom. The Labute approximate surface area is 245 Å². The van der Waals surface area contributed by atoms with E-state index in [2.05, 4.69) is 15.0 Å². The summed E-state index contributed by atoms with van der Waals surface area (Å²) < 4.78 is 27.8. The van der Waals surface area contributed by atoms with Crippen LogP contribution in [0, 0.1) is 18.3 Å². The Morgan fingerprint density at radius 3 is 2.63 bits per heavy atom. The van der Waals surface area contributed by atoms with Gasteiger partial charge in [-0.15, -0.1) is 11.3 Å². The normalized spacial score (nSPS) is 22.4. The summed E-state index contributed by atoms with van der Waals surface area (Å²) in [7, 11) is -2.12. The summed E-state index contributed by atoms with van der Waals surface area (Å²) in [6.07, 6.45) is 3.80. The number of nitrogens with zero attached hydrogens (tertiary/aromatic N) is 2. The lowest BCUT2D eigenvalue weighted by atomic mass is 9.63. The van der Waals surface area contributed by atoms with E-state index in [9.17, 15) is 23.1 Å². The van der Waals surface area contributed by atoms with Gasteiger partial charge in [-0.05, 0) is 63.8 Å². The first-order chi connectivity index (χ1) is 19.4. The van der Waals surface area contributed by atoms with Crippen molar-refractivity contribution in [2.24, 2.45) is 17.1 Å². The van der Waals surface area contributed by atoms with Crippen LogP contribution in [0.2, 0.25) is 0 Å². The lowest BCUT2D eigenvalue weighted by Gasteiger charge is -2.43. The average Bonchev–Trinajstić information content (AvgIpc) is 3.63. The van der Waals surface area contributed by atoms with Crippen LogP contribution in [0.4, 0.5) is 0 Å². The van der Waals surface area contributed by atoms with Crippen LogP contribution < -0.4 is 15.8 Å². The fourth-order valence-electron chi connectivity index (χ4n) is 5.71. The molecule has 0 saturated carbocycles. The lowest BCUT2D eigenvalue weighted by Crippen LogP contribution is -2.54. The highest BCUT2D eigenvalue weighted by molar-refractivity contribution is 7.89. The number of carbonyl (C=O) groups excluding carboxylic acids is 2. The van der Waals surface area contributed by atoms with Gasteiger partial charge >= 0.3 is 0 Å². The molecule has 2 aromatic rings. The molecule has 41 heavy (non-hydrogen) atoms. The number of primary amides is 1. The summed E-state index contributed by atoms with van der Waals surface area (Å²) in [4.78, 5) is 33.3. The molecule has 1 saturated heterocycles. The number of hydrogen-bond donors (Lipinski definition) is 4. The Bertz CT molecular complexity index is 1420. The van der Waals surface area contributed by atoms with Crippen molar-refractivity contribution in [3.8, 4) is 0 Å². The number of nitrogens with two attached hydrogens (primary N) is 1. The van der Waals surface area contributed by atoms with Crippen LogP contribution in [-0.4, -0.2) is 66.7 Å². The molecule has 2 amide bonds. The van der Waals surface area contributed by atoms with Crippen molar-refractivity contribution in [3.63, 3.8) is 0 Å². The molecule has 0 spiro atoms. The number of carbonyl (C=O) groups is 2. The second-order valence-corrected chi connectivity index (χ2v) is 13.8. The number of hydrogen-bond acceptors (Lipinski definition) is 8. The SMILES string of the molecule is CCS(=O)(=O)NC1=CC(C(N)=O)([C@H](Cc2ccccc2)[C@@H](O)[C@H]2CCCN2)CC(C(=O)N(C)Cc2nc(C)cs2)=C1. The van der Waals surface area contributed by atoms with Crippen LogP contribution >= 0.6 is 11.3 Å². The molecule has 5 N–H and O–H groups in total. The van der Waals surface area contributed by atoms with Crippen LogP contribution in [0.15, 0.2) is 59.1 Å². The molecular weight excluding hydrogens is 562 g/mol. The van der Waals surface area contributed by atoms with Crippen molar-refractivity contribution in [2.75, 3.05) is 19.3 Å². The Balaban J connectivity index is 1.79. The van der Waals surface area contributed by atoms with Gasteiger partial charge in [-0.2, -0.15) is 0 Å². The smallest absolute Gasteiger partial charge is 0.250 e. The van der Waals surface area contributed by atoms with E-state index in [1.165, 1.54) is 35.3 Å². The molecule has 1 aliphatic carbocycles. The zero-order valence-corrected chi connectivity index (χ0v) is 25.3. The maximum Gasteiger partial charge on any atom is 0.250 e. The fourth-order valence-corrected chi connectivity index (χ4v) is 7.15. The summed E-state index contributed by atoms with van der Waals surface area (Å²) in [6.45, 7) is 4.37. The number of benzene rings is 1. The van der Waals surface area contributed by atoms with Crippen molar-refractivity contribution < 1.29 is 23.1 Å². The number of amides is 2. The summed E-state index contributed by atoms with van der Waals surface area (Å²) >= 11 is 1.44. The van der Waals surface area contributed by atoms with Crippen LogP contribution in [-0.2, 0) is 32.6 Å². The number of aryl methyl sites for hydroxylation is 1. The van der Waals surface area contributed by atoms with E-state index < -0.39 is 33.4 Å². The minimum atomic E-state index is -3.75. The maximum atomic E-state index is 13.8. The zero-order valence-electron chi connectivity index (χ0n) is 23.7. The van der Waals surface area contributed by atoms with Crippen molar-refractivity contribution in [3.05, 3.63) is 75.4 Å². The van der Waals surface area contributed by atoms with E-state index in [0.717, 1.165) is 35.7 Å². The minimum absolute atomic E-state index is 0.0823. The van der Waals surface area contributed by atoms with Gasteiger partial charge in [0.25, 0.3) is 0 Å². The van der Waals surface area contributed by atoms with Gasteiger partial charge in [0.15, 0.2) is 0 Å². The summed E-state index contributed by atoms with van der Waals surface area (Å²) in [6, 6.07) is 9.20. The van der Waals surface area contributed by atoms with Gasteiger partial charge in [-0.1, -0.05) is 30.3 Å². The van der Waals surface area contributed by atoms with E-state index >= 15 is 0 Å². The number of sulfonamides is 1. The van der Waals surface area contributed by atoms with Crippen molar-refractivity contribution in [2.45, 2.75) is 58.2 Å². The van der Waals surface area contributed by atoms with Crippen LogP contribution in [0.3, 0.4) is 0 Å². The van der Waals surface area contributed by atoms with E-state index in [1.54, 1.807) is 7.05 Å². The zero-order chi connectivity index (χ0) is 29.8. The van der Waals surface area contributed by atoms with E-state index in [0.29, 0.717) is 6.42 Å². The summed E-state index contributed by atoms with van der Waals surface area (Å²) in [5.41, 5.74) is 6.66. The quantitative estimate of drug-likeness (QED) is 0.290. The predicted molar refractivity (Wildman–Crippen MR) is 159 cm³/mol. The van der Waals surface area contributed by atoms with Crippen LogP contribution in [0.5, 0.6) is 0 Å². The number of aromatic nitrogens is 1. The first-order valence-electron chi connectivity index (χ1n) is 13.8. The van der Waals surface area contributed by atoms with E-state index in [1.807, 2.05) is 42.6 Å². The third kappa shape index (κ3) is 7.24. The van der Waals surface area contributed by atoms with Gasteiger partial charge in [0.1, 0.15) is 5.01 Å². The Kier molecular flexibility index (Phi) is 9.68. The summed E-state index contributed by atoms with van der Waals surface area (Å²) in [5.74, 6) is -2.06. The van der Waals surface area contributed by atoms with Gasteiger partial charge < -0.3 is 21.1 Å². The molecule has 1 unspecified atom stereocenters. The van der Waals surface area contributed by atoms with Gasteiger partial charge in [0.2, 0.25) is 21.8 Å². The van der Waals surface area contributed by atoms with Crippen LogP contribution in [0.1, 0.15) is 42.5 Å². The molecular formula is C29H39N5O5S2. The van der Waals surface area contributed by atoms with Gasteiger partial charge in [-0.25, -0.2) is 13.4 Å². The Morgan fingerprint density at radius 1 is 1.32 bits per heavy atom. The summed E-state index contributed by atoms with van der Waals surface area (Å²) in [5, 5.41) is 17.8.